The number of hydrogen-bond acceptors (Lipinski definition) is 3. The van der Waals surface area contributed by atoms with E-state index >= 15 is 0 Å². The summed E-state index contributed by atoms with van der Waals surface area (Å²) in [4.78, 5) is 14.1. The highest BCUT2D eigenvalue weighted by molar-refractivity contribution is 6.43. The highest BCUT2D eigenvalue weighted by Crippen LogP contribution is 2.37. The molecule has 1 fully saturated rings. The topological polar surface area (TPSA) is 35.9 Å². The molecule has 0 saturated carbocycles. The van der Waals surface area contributed by atoms with Crippen molar-refractivity contribution in [3.8, 4) is 0 Å². The Labute approximate surface area is 117 Å². The van der Waals surface area contributed by atoms with E-state index in [-0.39, 0.29) is 11.3 Å². The van der Waals surface area contributed by atoms with Crippen molar-refractivity contribution >= 4 is 28.9 Å². The van der Waals surface area contributed by atoms with Gasteiger partial charge in [-0.3, -0.25) is 9.80 Å². The summed E-state index contributed by atoms with van der Waals surface area (Å²) in [6.07, 6.45) is 0. The van der Waals surface area contributed by atoms with E-state index in [1.165, 1.54) is 0 Å². The summed E-state index contributed by atoms with van der Waals surface area (Å²) in [5, 5.41) is 7.12. The summed E-state index contributed by atoms with van der Waals surface area (Å²) >= 11 is 5.89. The molecule has 2 aliphatic heterocycles. The number of hydrazone groups is 1. The van der Waals surface area contributed by atoms with Crippen LogP contribution in [0, 0.1) is 5.41 Å². The van der Waals surface area contributed by atoms with Crippen LogP contribution in [0.15, 0.2) is 29.4 Å². The monoisotopic (exact) mass is 277 g/mol. The Kier molecular flexibility index (Phi) is 2.78. The second kappa shape index (κ2) is 4.23. The summed E-state index contributed by atoms with van der Waals surface area (Å²) in [6, 6.07) is 7.54. The lowest BCUT2D eigenvalue weighted by Crippen LogP contribution is -2.33. The summed E-state index contributed by atoms with van der Waals surface area (Å²) in [5.41, 5.74) is 1.50. The minimum absolute atomic E-state index is 0.0708. The van der Waals surface area contributed by atoms with Gasteiger partial charge in [0.2, 0.25) is 0 Å². The van der Waals surface area contributed by atoms with Gasteiger partial charge in [0, 0.05) is 18.1 Å². The van der Waals surface area contributed by atoms with Crippen molar-refractivity contribution < 1.29 is 4.79 Å². The fraction of sp³-hybridized carbons (Fsp3) is 0.429. The molecule has 2 heterocycles. The maximum absolute atomic E-state index is 12.2. The first-order chi connectivity index (χ1) is 9.03. The van der Waals surface area contributed by atoms with Crippen LogP contribution >= 0.6 is 11.6 Å². The molecule has 1 atom stereocenters. The van der Waals surface area contributed by atoms with E-state index in [1.807, 2.05) is 41.1 Å². The lowest BCUT2D eigenvalue weighted by atomic mass is 9.88. The molecule has 0 radical (unpaired) electrons. The minimum Gasteiger partial charge on any atom is -0.337 e. The summed E-state index contributed by atoms with van der Waals surface area (Å²) in [5.74, 6) is 0.0708. The third-order valence-electron chi connectivity index (χ3n) is 3.83. The minimum atomic E-state index is -0.160. The molecular formula is C14H16ClN3O. The molecule has 1 amide bonds. The quantitative estimate of drug-likeness (QED) is 0.832. The van der Waals surface area contributed by atoms with Gasteiger partial charge in [0.05, 0.1) is 17.6 Å². The molecule has 3 rings (SSSR count). The Balaban J connectivity index is 1.91. The average molecular weight is 278 g/mol. The molecule has 100 valence electrons. The van der Waals surface area contributed by atoms with Crippen molar-refractivity contribution in [3.63, 3.8) is 0 Å². The third kappa shape index (κ3) is 1.91. The first kappa shape index (κ1) is 12.5. The number of benzene rings is 1. The van der Waals surface area contributed by atoms with Crippen LogP contribution < -0.4 is 5.01 Å². The number of halogens is 1. The lowest BCUT2D eigenvalue weighted by molar-refractivity contribution is -0.122. The van der Waals surface area contributed by atoms with Gasteiger partial charge in [0.25, 0.3) is 5.91 Å². The number of hydrogen-bond donors (Lipinski definition) is 0. The van der Waals surface area contributed by atoms with Crippen LogP contribution in [0.2, 0.25) is 5.02 Å². The molecule has 0 aliphatic carbocycles. The van der Waals surface area contributed by atoms with E-state index in [1.54, 1.807) is 0 Å². The Morgan fingerprint density at radius 3 is 2.58 bits per heavy atom. The molecule has 19 heavy (non-hydrogen) atoms. The van der Waals surface area contributed by atoms with Crippen LogP contribution in [-0.4, -0.2) is 36.2 Å². The Morgan fingerprint density at radius 2 is 2.00 bits per heavy atom. The van der Waals surface area contributed by atoms with Gasteiger partial charge in [-0.05, 0) is 31.2 Å². The van der Waals surface area contributed by atoms with Crippen molar-refractivity contribution in [3.05, 3.63) is 29.3 Å². The molecule has 1 unspecified atom stereocenters. The van der Waals surface area contributed by atoms with Crippen LogP contribution in [-0.2, 0) is 4.79 Å². The van der Waals surface area contributed by atoms with Crippen molar-refractivity contribution in [2.24, 2.45) is 10.5 Å². The Morgan fingerprint density at radius 1 is 1.32 bits per heavy atom. The molecule has 1 saturated heterocycles. The Hall–Kier alpha value is -1.55. The van der Waals surface area contributed by atoms with E-state index in [0.717, 1.165) is 25.3 Å². The SMILES string of the molecule is CCN1CC2(C)CN(c3ccc(Cl)cc3)N=C2C1=O. The van der Waals surface area contributed by atoms with E-state index in [4.69, 9.17) is 11.6 Å². The van der Waals surface area contributed by atoms with Gasteiger partial charge >= 0.3 is 0 Å². The van der Waals surface area contributed by atoms with Crippen molar-refractivity contribution in [2.75, 3.05) is 24.6 Å². The zero-order valence-corrected chi connectivity index (χ0v) is 11.8. The predicted molar refractivity (Wildman–Crippen MR) is 76.6 cm³/mol. The second-order valence-electron chi connectivity index (χ2n) is 5.36. The number of carbonyl (C=O) groups excluding carboxylic acids is 1. The molecule has 2 aliphatic rings. The first-order valence-corrected chi connectivity index (χ1v) is 6.83. The predicted octanol–water partition coefficient (Wildman–Crippen LogP) is 2.38. The maximum atomic E-state index is 12.2. The smallest absolute Gasteiger partial charge is 0.270 e. The van der Waals surface area contributed by atoms with Gasteiger partial charge in [-0.2, -0.15) is 5.10 Å². The molecule has 1 aromatic rings. The number of rotatable bonds is 2. The zero-order chi connectivity index (χ0) is 13.6. The van der Waals surface area contributed by atoms with Crippen LogP contribution in [0.3, 0.4) is 0 Å². The highest BCUT2D eigenvalue weighted by Gasteiger charge is 2.50. The van der Waals surface area contributed by atoms with E-state index in [0.29, 0.717) is 10.7 Å². The third-order valence-corrected chi connectivity index (χ3v) is 4.08. The van der Waals surface area contributed by atoms with Crippen LogP contribution in [0.1, 0.15) is 13.8 Å². The maximum Gasteiger partial charge on any atom is 0.270 e. The van der Waals surface area contributed by atoms with Crippen molar-refractivity contribution in [1.82, 2.24) is 4.90 Å². The van der Waals surface area contributed by atoms with Gasteiger partial charge in [0.1, 0.15) is 5.71 Å². The summed E-state index contributed by atoms with van der Waals surface area (Å²) in [7, 11) is 0. The Bertz CT molecular complexity index is 554. The van der Waals surface area contributed by atoms with Crippen LogP contribution in [0.4, 0.5) is 5.69 Å². The molecule has 5 heteroatoms. The lowest BCUT2D eigenvalue weighted by Gasteiger charge is -2.23. The zero-order valence-electron chi connectivity index (χ0n) is 11.1. The number of fused-ring (bicyclic) bond motifs is 1. The highest BCUT2D eigenvalue weighted by atomic mass is 35.5. The van der Waals surface area contributed by atoms with E-state index < -0.39 is 0 Å². The molecular weight excluding hydrogens is 262 g/mol. The normalized spacial score (nSPS) is 25.8. The first-order valence-electron chi connectivity index (χ1n) is 6.45. The fourth-order valence-electron chi connectivity index (χ4n) is 2.77. The number of anilines is 1. The van der Waals surface area contributed by atoms with Gasteiger partial charge < -0.3 is 4.90 Å². The standard InChI is InChI=1S/C14H16ClN3O/c1-3-17-8-14(2)9-18(16-12(14)13(17)19)11-6-4-10(15)5-7-11/h4-7H,3,8-9H2,1-2H3. The molecule has 0 aromatic heterocycles. The molecule has 0 spiro atoms. The van der Waals surface area contributed by atoms with Gasteiger partial charge in [-0.25, -0.2) is 0 Å². The average Bonchev–Trinajstić information content (AvgIpc) is 2.84. The second-order valence-corrected chi connectivity index (χ2v) is 5.80. The number of nitrogens with zero attached hydrogens (tertiary/aromatic N) is 3. The summed E-state index contributed by atoms with van der Waals surface area (Å²) < 4.78 is 0. The van der Waals surface area contributed by atoms with E-state index in [9.17, 15) is 4.79 Å². The van der Waals surface area contributed by atoms with Crippen LogP contribution in [0.25, 0.3) is 0 Å². The van der Waals surface area contributed by atoms with Gasteiger partial charge in [-0.15, -0.1) is 0 Å². The fourth-order valence-corrected chi connectivity index (χ4v) is 2.89. The number of carbonyl (C=O) groups is 1. The number of likely N-dealkylation sites (tertiary alicyclic amines) is 1. The van der Waals surface area contributed by atoms with Gasteiger partial charge in [-0.1, -0.05) is 18.5 Å². The molecule has 0 N–H and O–H groups in total. The van der Waals surface area contributed by atoms with E-state index in [2.05, 4.69) is 12.0 Å². The molecule has 4 nitrogen and oxygen atoms in total. The van der Waals surface area contributed by atoms with Crippen LogP contribution in [0.5, 0.6) is 0 Å². The van der Waals surface area contributed by atoms with Gasteiger partial charge in [0.15, 0.2) is 0 Å². The largest absolute Gasteiger partial charge is 0.337 e. The summed E-state index contributed by atoms with van der Waals surface area (Å²) in [6.45, 7) is 6.35. The molecule has 1 aromatic carbocycles. The number of amides is 1. The van der Waals surface area contributed by atoms with Crippen molar-refractivity contribution in [2.45, 2.75) is 13.8 Å². The van der Waals surface area contributed by atoms with Crippen molar-refractivity contribution in [1.29, 1.82) is 0 Å². The molecule has 0 bridgehead atoms.